The highest BCUT2D eigenvalue weighted by Crippen LogP contribution is 2.27. The van der Waals surface area contributed by atoms with Crippen LogP contribution in [0.25, 0.3) is 0 Å². The molecule has 3 rings (SSSR count). The molecule has 0 saturated carbocycles. The Morgan fingerprint density at radius 2 is 1.74 bits per heavy atom. The lowest BCUT2D eigenvalue weighted by molar-refractivity contribution is -0.123. The fourth-order valence-corrected chi connectivity index (χ4v) is 3.92. The van der Waals surface area contributed by atoms with E-state index in [9.17, 15) is 13.2 Å². The minimum Gasteiger partial charge on any atom is -0.492 e. The van der Waals surface area contributed by atoms with Crippen LogP contribution in [0.4, 0.5) is 5.69 Å². The van der Waals surface area contributed by atoms with Crippen LogP contribution in [-0.2, 0) is 14.9 Å². The summed E-state index contributed by atoms with van der Waals surface area (Å²) in [6.07, 6.45) is 3.37. The van der Waals surface area contributed by atoms with Crippen molar-refractivity contribution in [3.05, 3.63) is 72.6 Å². The minimum absolute atomic E-state index is 0.105. The van der Waals surface area contributed by atoms with Crippen molar-refractivity contribution in [2.24, 2.45) is 0 Å². The highest BCUT2D eigenvalue weighted by atomic mass is 32.2. The molecule has 0 atom stereocenters. The Kier molecular flexibility index (Phi) is 9.27. The Morgan fingerprint density at radius 1 is 0.971 bits per heavy atom. The first kappa shape index (κ1) is 25.8. The summed E-state index contributed by atoms with van der Waals surface area (Å²) in [6, 6.07) is 14.2. The summed E-state index contributed by atoms with van der Waals surface area (Å²) >= 11 is 0. The number of carbonyl (C=O) groups excluding carboxylic acids is 1. The molecule has 2 aromatic carbocycles. The second kappa shape index (κ2) is 12.6. The quantitative estimate of drug-likeness (QED) is 0.238. The number of nitrogens with one attached hydrogen (secondary N) is 2. The topological polar surface area (TPSA) is 136 Å². The molecular weight excluding hydrogens is 474 g/mol. The molecule has 0 spiro atoms. The molecule has 0 fully saturated rings. The van der Waals surface area contributed by atoms with Crippen molar-refractivity contribution in [2.75, 3.05) is 38.2 Å². The molecule has 1 aromatic heterocycles. The van der Waals surface area contributed by atoms with Crippen LogP contribution in [-0.4, -0.2) is 57.3 Å². The number of ether oxygens (including phenoxy) is 2. The van der Waals surface area contributed by atoms with Crippen molar-refractivity contribution in [1.29, 1.82) is 0 Å². The summed E-state index contributed by atoms with van der Waals surface area (Å²) in [5, 5.41) is 14.4. The Bertz CT molecular complexity index is 1220. The zero-order chi connectivity index (χ0) is 25.1. The van der Waals surface area contributed by atoms with Crippen LogP contribution in [0.1, 0.15) is 5.56 Å². The number of hydrogen-bond donors (Lipinski definition) is 3. The summed E-state index contributed by atoms with van der Waals surface area (Å²) in [6.45, 7) is 2.29. The van der Waals surface area contributed by atoms with Gasteiger partial charge in [-0.05, 0) is 48.9 Å². The highest BCUT2D eigenvalue weighted by molar-refractivity contribution is 7.87. The molecular formula is C24H27N3O7S. The lowest BCUT2D eigenvalue weighted by Crippen LogP contribution is -2.31. The van der Waals surface area contributed by atoms with Gasteiger partial charge in [0.25, 0.3) is 5.91 Å². The first-order valence-electron chi connectivity index (χ1n) is 10.8. The van der Waals surface area contributed by atoms with Crippen LogP contribution in [0.5, 0.6) is 17.2 Å². The largest absolute Gasteiger partial charge is 0.492 e. The smallest absolute Gasteiger partial charge is 0.339 e. The SMILES string of the molecule is Cc1cc(OCCNc2ccncc2)cc(OS(=O)(=O)c2cccc(OCC(=O)NCCO)c2)c1. The standard InChI is InChI=1S/C24H27N3O7S/c1-18-13-21(32-12-10-26-19-5-7-25-8-6-19)15-22(14-18)34-35(30,31)23-4-2-3-20(16-23)33-17-24(29)27-9-11-28/h2-8,13-16,28H,9-12,17H2,1H3,(H,25,26)(H,27,29). The van der Waals surface area contributed by atoms with Gasteiger partial charge in [0.1, 0.15) is 28.8 Å². The molecule has 0 saturated heterocycles. The molecule has 186 valence electrons. The number of anilines is 1. The van der Waals surface area contributed by atoms with E-state index in [0.29, 0.717) is 18.9 Å². The van der Waals surface area contributed by atoms with Crippen molar-refractivity contribution in [3.63, 3.8) is 0 Å². The van der Waals surface area contributed by atoms with E-state index in [2.05, 4.69) is 15.6 Å². The van der Waals surface area contributed by atoms with Crippen molar-refractivity contribution in [3.8, 4) is 17.2 Å². The number of aliphatic hydroxyl groups is 1. The molecule has 35 heavy (non-hydrogen) atoms. The van der Waals surface area contributed by atoms with Gasteiger partial charge < -0.3 is 29.4 Å². The third-order valence-corrected chi connectivity index (χ3v) is 5.75. The molecule has 0 aliphatic heterocycles. The van der Waals surface area contributed by atoms with E-state index in [0.717, 1.165) is 11.3 Å². The summed E-state index contributed by atoms with van der Waals surface area (Å²) in [7, 11) is -4.17. The normalized spacial score (nSPS) is 10.9. The predicted molar refractivity (Wildman–Crippen MR) is 129 cm³/mol. The molecule has 0 aliphatic carbocycles. The van der Waals surface area contributed by atoms with E-state index in [1.54, 1.807) is 31.5 Å². The zero-order valence-electron chi connectivity index (χ0n) is 19.1. The monoisotopic (exact) mass is 501 g/mol. The number of amides is 1. The van der Waals surface area contributed by atoms with E-state index in [1.807, 2.05) is 12.1 Å². The van der Waals surface area contributed by atoms with E-state index >= 15 is 0 Å². The number of aryl methyl sites for hydroxylation is 1. The maximum atomic E-state index is 12.8. The molecule has 0 bridgehead atoms. The fourth-order valence-electron chi connectivity index (χ4n) is 2.97. The second-order valence-electron chi connectivity index (χ2n) is 7.37. The number of nitrogens with zero attached hydrogens (tertiary/aromatic N) is 1. The first-order valence-corrected chi connectivity index (χ1v) is 12.2. The van der Waals surface area contributed by atoms with Gasteiger partial charge in [-0.25, -0.2) is 0 Å². The highest BCUT2D eigenvalue weighted by Gasteiger charge is 2.18. The third kappa shape index (κ3) is 8.47. The van der Waals surface area contributed by atoms with Crippen LogP contribution in [0, 0.1) is 6.92 Å². The van der Waals surface area contributed by atoms with Crippen molar-refractivity contribution in [2.45, 2.75) is 11.8 Å². The Hall–Kier alpha value is -3.83. The van der Waals surface area contributed by atoms with Crippen LogP contribution in [0.2, 0.25) is 0 Å². The molecule has 0 unspecified atom stereocenters. The van der Waals surface area contributed by atoms with Gasteiger partial charge in [0.05, 0.1) is 6.61 Å². The van der Waals surface area contributed by atoms with Gasteiger partial charge in [-0.3, -0.25) is 9.78 Å². The summed E-state index contributed by atoms with van der Waals surface area (Å²) in [5.41, 5.74) is 1.68. The molecule has 10 nitrogen and oxygen atoms in total. The minimum atomic E-state index is -4.17. The Labute approximate surface area is 204 Å². The van der Waals surface area contributed by atoms with Gasteiger partial charge in [-0.15, -0.1) is 0 Å². The molecule has 11 heteroatoms. The number of benzene rings is 2. The Morgan fingerprint density at radius 3 is 2.51 bits per heavy atom. The number of rotatable bonds is 13. The van der Waals surface area contributed by atoms with Crippen LogP contribution in [0.3, 0.4) is 0 Å². The van der Waals surface area contributed by atoms with Gasteiger partial charge in [0, 0.05) is 43.3 Å². The van der Waals surface area contributed by atoms with Gasteiger partial charge in [0.2, 0.25) is 0 Å². The molecule has 3 N–H and O–H groups in total. The van der Waals surface area contributed by atoms with E-state index in [-0.39, 0.29) is 36.2 Å². The van der Waals surface area contributed by atoms with Crippen LogP contribution < -0.4 is 24.3 Å². The zero-order valence-corrected chi connectivity index (χ0v) is 20.0. The van der Waals surface area contributed by atoms with Crippen LogP contribution >= 0.6 is 0 Å². The molecule has 1 heterocycles. The maximum Gasteiger partial charge on any atom is 0.339 e. The number of aliphatic hydroxyl groups excluding tert-OH is 1. The third-order valence-electron chi connectivity index (χ3n) is 4.51. The fraction of sp³-hybridized carbons (Fsp3) is 0.250. The number of pyridine rings is 1. The summed E-state index contributed by atoms with van der Waals surface area (Å²) in [5.74, 6) is 0.324. The molecule has 0 aliphatic rings. The van der Waals surface area contributed by atoms with Gasteiger partial charge in [0.15, 0.2) is 6.61 Å². The van der Waals surface area contributed by atoms with Gasteiger partial charge in [-0.1, -0.05) is 6.07 Å². The van der Waals surface area contributed by atoms with Crippen molar-refractivity contribution in [1.82, 2.24) is 10.3 Å². The van der Waals surface area contributed by atoms with Crippen molar-refractivity contribution < 1.29 is 32.0 Å². The summed E-state index contributed by atoms with van der Waals surface area (Å²) in [4.78, 5) is 15.4. The Balaban J connectivity index is 1.60. The van der Waals surface area contributed by atoms with Gasteiger partial charge >= 0.3 is 10.1 Å². The van der Waals surface area contributed by atoms with Crippen LogP contribution in [0.15, 0.2) is 71.9 Å². The lowest BCUT2D eigenvalue weighted by atomic mass is 10.2. The molecule has 1 amide bonds. The number of hydrogen-bond acceptors (Lipinski definition) is 9. The van der Waals surface area contributed by atoms with Gasteiger partial charge in [-0.2, -0.15) is 8.42 Å². The maximum absolute atomic E-state index is 12.8. The number of carbonyl (C=O) groups is 1. The average Bonchev–Trinajstić information content (AvgIpc) is 2.84. The predicted octanol–water partition coefficient (Wildman–Crippen LogP) is 2.14. The lowest BCUT2D eigenvalue weighted by Gasteiger charge is -2.12. The van der Waals surface area contributed by atoms with E-state index in [1.165, 1.54) is 30.3 Å². The summed E-state index contributed by atoms with van der Waals surface area (Å²) < 4.78 is 42.1. The molecule has 0 radical (unpaired) electrons. The van der Waals surface area contributed by atoms with E-state index in [4.69, 9.17) is 18.8 Å². The molecule has 3 aromatic rings. The first-order chi connectivity index (χ1) is 16.9. The number of aromatic nitrogens is 1. The van der Waals surface area contributed by atoms with Crippen molar-refractivity contribution >= 4 is 21.7 Å². The second-order valence-corrected chi connectivity index (χ2v) is 8.91. The average molecular weight is 502 g/mol. The van der Waals surface area contributed by atoms with E-state index < -0.39 is 16.0 Å².